The fourth-order valence-electron chi connectivity index (χ4n) is 3.23. The highest BCUT2D eigenvalue weighted by Gasteiger charge is 2.19. The molecule has 2 N–H and O–H groups in total. The first-order valence-corrected chi connectivity index (χ1v) is 7.73. The number of ether oxygens (including phenoxy) is 1. The number of aromatic nitrogens is 2. The van der Waals surface area contributed by atoms with Gasteiger partial charge in [-0.2, -0.15) is 0 Å². The molecule has 21 heavy (non-hydrogen) atoms. The van der Waals surface area contributed by atoms with E-state index >= 15 is 0 Å². The summed E-state index contributed by atoms with van der Waals surface area (Å²) in [5.41, 5.74) is 8.03. The zero-order chi connectivity index (χ0) is 14.8. The van der Waals surface area contributed by atoms with E-state index in [2.05, 4.69) is 27.4 Å². The summed E-state index contributed by atoms with van der Waals surface area (Å²) >= 11 is 0. The molecule has 0 amide bonds. The topological polar surface area (TPSA) is 56.3 Å². The fourth-order valence-corrected chi connectivity index (χ4v) is 3.23. The second-order valence-corrected chi connectivity index (χ2v) is 5.85. The number of piperidine rings is 1. The van der Waals surface area contributed by atoms with Gasteiger partial charge >= 0.3 is 0 Å². The minimum absolute atomic E-state index is 0.469. The molecule has 114 valence electrons. The molecule has 1 fully saturated rings. The number of nitrogens with zero attached hydrogens (tertiary/aromatic N) is 3. The monoisotopic (exact) mass is 288 g/mol. The maximum atomic E-state index is 6.13. The number of nitrogens with two attached hydrogens (primary N) is 1. The Balaban J connectivity index is 1.88. The lowest BCUT2D eigenvalue weighted by atomic mass is 10.1. The summed E-state index contributed by atoms with van der Waals surface area (Å²) in [7, 11) is 1.67. The van der Waals surface area contributed by atoms with Crippen molar-refractivity contribution in [2.24, 2.45) is 0 Å². The Morgan fingerprint density at radius 2 is 2.05 bits per heavy atom. The van der Waals surface area contributed by atoms with Crippen LogP contribution in [0.3, 0.4) is 0 Å². The van der Waals surface area contributed by atoms with Gasteiger partial charge in [0.15, 0.2) is 0 Å². The van der Waals surface area contributed by atoms with Crippen LogP contribution in [0.5, 0.6) is 5.75 Å². The Morgan fingerprint density at radius 1 is 1.29 bits per heavy atom. The highest BCUT2D eigenvalue weighted by Crippen LogP contribution is 2.27. The summed E-state index contributed by atoms with van der Waals surface area (Å²) in [6.07, 6.45) is 3.97. The summed E-state index contributed by atoms with van der Waals surface area (Å²) in [4.78, 5) is 7.03. The summed E-state index contributed by atoms with van der Waals surface area (Å²) in [5, 5.41) is 0. The molecule has 1 saturated heterocycles. The van der Waals surface area contributed by atoms with E-state index in [4.69, 9.17) is 10.5 Å². The quantitative estimate of drug-likeness (QED) is 0.939. The van der Waals surface area contributed by atoms with Crippen molar-refractivity contribution in [2.45, 2.75) is 38.8 Å². The number of anilines is 1. The molecule has 1 aliphatic heterocycles. The number of para-hydroxylation sites is 1. The van der Waals surface area contributed by atoms with E-state index in [0.717, 1.165) is 23.3 Å². The SMILES string of the molecule is COc1cccc2c1nc(N)n2CC(C)N1CCCCC1. The zero-order valence-corrected chi connectivity index (χ0v) is 12.9. The van der Waals surface area contributed by atoms with Gasteiger partial charge in [0.05, 0.1) is 12.6 Å². The van der Waals surface area contributed by atoms with Crippen LogP contribution in [0.4, 0.5) is 5.95 Å². The molecule has 0 radical (unpaired) electrons. The van der Waals surface area contributed by atoms with Crippen molar-refractivity contribution in [3.8, 4) is 5.75 Å². The second kappa shape index (κ2) is 5.93. The van der Waals surface area contributed by atoms with Gasteiger partial charge in [-0.25, -0.2) is 4.98 Å². The van der Waals surface area contributed by atoms with E-state index in [1.54, 1.807) is 7.11 Å². The molecule has 1 aromatic heterocycles. The Hall–Kier alpha value is -1.75. The summed E-state index contributed by atoms with van der Waals surface area (Å²) in [5.74, 6) is 1.35. The molecule has 0 spiro atoms. The number of hydrogen-bond donors (Lipinski definition) is 1. The smallest absolute Gasteiger partial charge is 0.201 e. The molecule has 5 nitrogen and oxygen atoms in total. The first-order valence-electron chi connectivity index (χ1n) is 7.73. The van der Waals surface area contributed by atoms with Gasteiger partial charge in [-0.3, -0.25) is 4.90 Å². The van der Waals surface area contributed by atoms with Crippen molar-refractivity contribution >= 4 is 17.0 Å². The van der Waals surface area contributed by atoms with E-state index in [1.165, 1.54) is 32.4 Å². The van der Waals surface area contributed by atoms with Gasteiger partial charge < -0.3 is 15.0 Å². The van der Waals surface area contributed by atoms with Crippen LogP contribution in [0.2, 0.25) is 0 Å². The number of imidazole rings is 1. The third-order valence-electron chi connectivity index (χ3n) is 4.45. The van der Waals surface area contributed by atoms with Crippen LogP contribution in [0.25, 0.3) is 11.0 Å². The minimum Gasteiger partial charge on any atom is -0.494 e. The summed E-state index contributed by atoms with van der Waals surface area (Å²) < 4.78 is 7.48. The molecule has 5 heteroatoms. The molecule has 1 aromatic carbocycles. The number of nitrogen functional groups attached to an aromatic ring is 1. The van der Waals surface area contributed by atoms with Crippen molar-refractivity contribution in [3.05, 3.63) is 18.2 Å². The number of benzene rings is 1. The lowest BCUT2D eigenvalue weighted by Crippen LogP contribution is -2.39. The molecule has 1 atom stereocenters. The molecule has 3 rings (SSSR count). The summed E-state index contributed by atoms with van der Waals surface area (Å²) in [6, 6.07) is 6.44. The van der Waals surface area contributed by atoms with Gasteiger partial charge in [0, 0.05) is 12.6 Å². The van der Waals surface area contributed by atoms with Crippen molar-refractivity contribution in [3.63, 3.8) is 0 Å². The van der Waals surface area contributed by atoms with E-state index in [9.17, 15) is 0 Å². The van der Waals surface area contributed by atoms with Crippen LogP contribution in [0, 0.1) is 0 Å². The first-order chi connectivity index (χ1) is 10.2. The molecule has 1 unspecified atom stereocenters. The average molecular weight is 288 g/mol. The van der Waals surface area contributed by atoms with Gasteiger partial charge in [0.25, 0.3) is 0 Å². The highest BCUT2D eigenvalue weighted by atomic mass is 16.5. The second-order valence-electron chi connectivity index (χ2n) is 5.85. The Bertz CT molecular complexity index is 616. The van der Waals surface area contributed by atoms with Crippen LogP contribution in [-0.4, -0.2) is 40.7 Å². The molecule has 0 saturated carbocycles. The van der Waals surface area contributed by atoms with Gasteiger partial charge in [-0.15, -0.1) is 0 Å². The number of methoxy groups -OCH3 is 1. The van der Waals surface area contributed by atoms with Gasteiger partial charge in [-0.1, -0.05) is 12.5 Å². The normalized spacial score (nSPS) is 18.0. The van der Waals surface area contributed by atoms with Gasteiger partial charge in [0.1, 0.15) is 11.3 Å². The molecule has 2 aromatic rings. The van der Waals surface area contributed by atoms with Crippen molar-refractivity contribution in [1.82, 2.24) is 14.5 Å². The third kappa shape index (κ3) is 2.70. The lowest BCUT2D eigenvalue weighted by Gasteiger charge is -2.32. The number of fused-ring (bicyclic) bond motifs is 1. The first kappa shape index (κ1) is 14.2. The van der Waals surface area contributed by atoms with Gasteiger partial charge in [-0.05, 0) is 45.0 Å². The van der Waals surface area contributed by atoms with Crippen LogP contribution in [-0.2, 0) is 6.54 Å². The van der Waals surface area contributed by atoms with Crippen LogP contribution in [0.15, 0.2) is 18.2 Å². The van der Waals surface area contributed by atoms with E-state index in [1.807, 2.05) is 12.1 Å². The maximum absolute atomic E-state index is 6.13. The molecule has 0 aliphatic carbocycles. The molecular weight excluding hydrogens is 264 g/mol. The van der Waals surface area contributed by atoms with Crippen molar-refractivity contribution in [1.29, 1.82) is 0 Å². The van der Waals surface area contributed by atoms with Crippen LogP contribution >= 0.6 is 0 Å². The number of rotatable bonds is 4. The van der Waals surface area contributed by atoms with E-state index in [0.29, 0.717) is 12.0 Å². The highest BCUT2D eigenvalue weighted by molar-refractivity contribution is 5.84. The van der Waals surface area contributed by atoms with E-state index in [-0.39, 0.29) is 0 Å². The van der Waals surface area contributed by atoms with E-state index < -0.39 is 0 Å². The van der Waals surface area contributed by atoms with Crippen LogP contribution < -0.4 is 10.5 Å². The van der Waals surface area contributed by atoms with Crippen LogP contribution in [0.1, 0.15) is 26.2 Å². The fraction of sp³-hybridized carbons (Fsp3) is 0.562. The van der Waals surface area contributed by atoms with Crippen molar-refractivity contribution in [2.75, 3.05) is 25.9 Å². The zero-order valence-electron chi connectivity index (χ0n) is 12.9. The molecule has 0 bridgehead atoms. The Morgan fingerprint density at radius 3 is 2.76 bits per heavy atom. The molecular formula is C16H24N4O. The predicted molar refractivity (Wildman–Crippen MR) is 85.6 cm³/mol. The summed E-state index contributed by atoms with van der Waals surface area (Å²) in [6.45, 7) is 5.53. The predicted octanol–water partition coefficient (Wildman–Crippen LogP) is 2.50. The maximum Gasteiger partial charge on any atom is 0.201 e. The average Bonchev–Trinajstić information content (AvgIpc) is 2.84. The molecule has 2 heterocycles. The van der Waals surface area contributed by atoms with Crippen molar-refractivity contribution < 1.29 is 4.74 Å². The number of hydrogen-bond acceptors (Lipinski definition) is 4. The Labute approximate surface area is 125 Å². The standard InChI is InChI=1S/C16H24N4O/c1-12(19-9-4-3-5-10-19)11-20-13-7-6-8-14(21-2)15(13)18-16(20)17/h6-8,12H,3-5,9-11H2,1-2H3,(H2,17,18). The lowest BCUT2D eigenvalue weighted by molar-refractivity contribution is 0.161. The number of likely N-dealkylation sites (tertiary alicyclic amines) is 1. The minimum atomic E-state index is 0.469. The Kier molecular flexibility index (Phi) is 4.01. The molecule has 1 aliphatic rings. The van der Waals surface area contributed by atoms with Gasteiger partial charge in [0.2, 0.25) is 5.95 Å². The third-order valence-corrected chi connectivity index (χ3v) is 4.45. The largest absolute Gasteiger partial charge is 0.494 e.